The van der Waals surface area contributed by atoms with Crippen LogP contribution in [0, 0.1) is 41.4 Å². The van der Waals surface area contributed by atoms with E-state index in [2.05, 4.69) is 102 Å². The van der Waals surface area contributed by atoms with Crippen LogP contribution < -0.4 is 18.9 Å². The van der Waals surface area contributed by atoms with E-state index < -0.39 is 0 Å². The van der Waals surface area contributed by atoms with E-state index in [9.17, 15) is 0 Å². The molecule has 0 saturated heterocycles. The molecule has 0 spiro atoms. The summed E-state index contributed by atoms with van der Waals surface area (Å²) >= 11 is 7.37. The van der Waals surface area contributed by atoms with Gasteiger partial charge >= 0.3 is 0 Å². The van der Waals surface area contributed by atoms with Crippen molar-refractivity contribution in [1.29, 1.82) is 0 Å². The van der Waals surface area contributed by atoms with Gasteiger partial charge in [0.05, 0.1) is 45.7 Å². The highest BCUT2D eigenvalue weighted by Gasteiger charge is 2.36. The number of fused-ring (bicyclic) bond motifs is 6. The SMILES string of the molecule is CC.CCCCC1CCC(C)(CC)c2cc3c(c4sc(-c5nc6c(OCCC(C)CCCC(C)C)c7sc8nc7c(c6s5)OCCC(C)C(CCC(C)C)CC8(C)C)cc4c(OCC(CC)CCCC)c3s2)OC1. The maximum Gasteiger partial charge on any atom is 0.166 e. The van der Waals surface area contributed by atoms with Gasteiger partial charge in [0.25, 0.3) is 0 Å². The Kier molecular flexibility index (Phi) is 21.4. The van der Waals surface area contributed by atoms with Crippen LogP contribution in [0.2, 0.25) is 0 Å². The number of thiazole rings is 2. The summed E-state index contributed by atoms with van der Waals surface area (Å²) in [5, 5.41) is 4.55. The number of benzene rings is 2. The third-order valence-corrected chi connectivity index (χ3v) is 22.2. The van der Waals surface area contributed by atoms with Crippen LogP contribution in [0.1, 0.15) is 229 Å². The Hall–Kier alpha value is -2.66. The van der Waals surface area contributed by atoms with Gasteiger partial charge in [-0.3, -0.25) is 0 Å². The second kappa shape index (κ2) is 26.8. The van der Waals surface area contributed by atoms with E-state index in [1.54, 1.807) is 11.3 Å². The lowest BCUT2D eigenvalue weighted by atomic mass is 9.74. The average Bonchev–Trinajstić information content (AvgIpc) is 4.21. The van der Waals surface area contributed by atoms with Gasteiger partial charge in [0.15, 0.2) is 11.5 Å². The van der Waals surface area contributed by atoms with E-state index in [4.69, 9.17) is 28.9 Å². The standard InChI is InChI=1S/C62H92N2O4S4.C2H6/c1-14-18-23-42(16-3)36-67-51-45-33-47(69-55(45)52-46-34-48(70-56(46)51)62(13,17-4)30-27-43(37-68-52)24-19-15-2)59-63-49-53(65-31-28-40(9)22-20-21-38(5)6)58-50-54(57(49)71-59)66-32-29-41(10)44(26-25-39(7)8)35-61(11,12)60(64-50)72-58;1-2/h33-34,38-44H,14-32,35-37H2,1-13H3;1-2H3. The fourth-order valence-electron chi connectivity index (χ4n) is 11.5. The Bertz CT molecular complexity index is 2700. The summed E-state index contributed by atoms with van der Waals surface area (Å²) in [5.74, 6) is 8.06. The Balaban J connectivity index is 0.00000395. The first-order valence-electron chi connectivity index (χ1n) is 29.9. The molecule has 2 aliphatic rings. The molecule has 4 bridgehead atoms. The van der Waals surface area contributed by atoms with E-state index in [-0.39, 0.29) is 10.8 Å². The lowest BCUT2D eigenvalue weighted by molar-refractivity contribution is 0.203. The lowest BCUT2D eigenvalue weighted by Gasteiger charge is -2.32. The van der Waals surface area contributed by atoms with Crippen molar-refractivity contribution in [3.05, 3.63) is 22.0 Å². The molecular weight excluding hydrogens is 989 g/mol. The number of hydrogen-bond donors (Lipinski definition) is 0. The molecule has 6 unspecified atom stereocenters. The summed E-state index contributed by atoms with van der Waals surface area (Å²) in [6.45, 7) is 37.7. The van der Waals surface area contributed by atoms with E-state index in [0.717, 1.165) is 110 Å². The van der Waals surface area contributed by atoms with E-state index in [1.807, 2.05) is 47.9 Å². The molecule has 74 heavy (non-hydrogen) atoms. The molecular formula is C64H98N2O4S4. The first kappa shape index (κ1) is 59.0. The normalized spacial score (nSPS) is 21.0. The number of thiophene rings is 2. The second-order valence-electron chi connectivity index (χ2n) is 24.4. The molecule has 10 heteroatoms. The van der Waals surface area contributed by atoms with Crippen LogP contribution in [0.4, 0.5) is 0 Å². The summed E-state index contributed by atoms with van der Waals surface area (Å²) < 4.78 is 33.2. The third-order valence-electron chi connectivity index (χ3n) is 17.0. The molecule has 0 N–H and O–H groups in total. The molecule has 6 aromatic rings. The van der Waals surface area contributed by atoms with Gasteiger partial charge in [0.1, 0.15) is 36.9 Å². The van der Waals surface area contributed by atoms with E-state index in [0.29, 0.717) is 48.7 Å². The minimum atomic E-state index is -0.0858. The summed E-state index contributed by atoms with van der Waals surface area (Å²) in [6, 6.07) is 4.88. The maximum absolute atomic E-state index is 7.23. The Morgan fingerprint density at radius 1 is 0.703 bits per heavy atom. The first-order valence-corrected chi connectivity index (χ1v) is 33.2. The highest BCUT2D eigenvalue weighted by atomic mass is 32.1. The van der Waals surface area contributed by atoms with Crippen LogP contribution in [-0.2, 0) is 10.8 Å². The van der Waals surface area contributed by atoms with Crippen molar-refractivity contribution in [3.8, 4) is 32.9 Å². The fraction of sp³-hybridized carbons (Fsp3) is 0.719. The van der Waals surface area contributed by atoms with Gasteiger partial charge in [0.2, 0.25) is 0 Å². The fourth-order valence-corrected chi connectivity index (χ4v) is 16.3. The summed E-state index contributed by atoms with van der Waals surface area (Å²) in [6.07, 6.45) is 21.3. The zero-order valence-corrected chi connectivity index (χ0v) is 52.2. The highest BCUT2D eigenvalue weighted by Crippen LogP contribution is 2.56. The predicted octanol–water partition coefficient (Wildman–Crippen LogP) is 21.6. The predicted molar refractivity (Wildman–Crippen MR) is 327 cm³/mol. The Morgan fingerprint density at radius 3 is 2.19 bits per heavy atom. The minimum Gasteiger partial charge on any atom is -0.491 e. The quantitative estimate of drug-likeness (QED) is 0.0637. The molecule has 8 rings (SSSR count). The molecule has 4 aromatic heterocycles. The van der Waals surface area contributed by atoms with Gasteiger partial charge in [-0.1, -0.05) is 162 Å². The van der Waals surface area contributed by atoms with Gasteiger partial charge in [0, 0.05) is 26.5 Å². The highest BCUT2D eigenvalue weighted by molar-refractivity contribution is 7.29. The summed E-state index contributed by atoms with van der Waals surface area (Å²) in [7, 11) is 0. The smallest absolute Gasteiger partial charge is 0.166 e. The lowest BCUT2D eigenvalue weighted by Crippen LogP contribution is -2.26. The van der Waals surface area contributed by atoms with Crippen LogP contribution in [0.25, 0.3) is 50.5 Å². The molecule has 0 fully saturated rings. The Labute approximate surface area is 464 Å². The van der Waals surface area contributed by atoms with Crippen LogP contribution in [0.5, 0.6) is 23.0 Å². The average molecular weight is 1090 g/mol. The molecule has 2 aliphatic heterocycles. The van der Waals surface area contributed by atoms with Crippen LogP contribution >= 0.6 is 45.3 Å². The number of ether oxygens (including phenoxy) is 4. The molecule has 6 heterocycles. The van der Waals surface area contributed by atoms with Gasteiger partial charge in [-0.15, -0.1) is 45.3 Å². The van der Waals surface area contributed by atoms with Gasteiger partial charge < -0.3 is 18.9 Å². The first-order chi connectivity index (χ1) is 35.6. The minimum absolute atomic E-state index is 0.0858. The van der Waals surface area contributed by atoms with Gasteiger partial charge in [-0.25, -0.2) is 9.97 Å². The second-order valence-corrected chi connectivity index (χ2v) is 28.5. The molecule has 412 valence electrons. The van der Waals surface area contributed by atoms with Gasteiger partial charge in [-0.2, -0.15) is 0 Å². The van der Waals surface area contributed by atoms with Crippen molar-refractivity contribution in [3.63, 3.8) is 0 Å². The monoisotopic (exact) mass is 1090 g/mol. The van der Waals surface area contributed by atoms with Gasteiger partial charge in [-0.05, 0) is 111 Å². The van der Waals surface area contributed by atoms with Crippen molar-refractivity contribution in [2.75, 3.05) is 26.4 Å². The number of rotatable bonds is 23. The third kappa shape index (κ3) is 13.6. The molecule has 2 aromatic carbocycles. The maximum atomic E-state index is 7.23. The van der Waals surface area contributed by atoms with Crippen LogP contribution in [0.3, 0.4) is 0 Å². The van der Waals surface area contributed by atoms with E-state index >= 15 is 0 Å². The number of nitrogens with zero attached hydrogens (tertiary/aromatic N) is 2. The zero-order valence-electron chi connectivity index (χ0n) is 48.9. The Morgan fingerprint density at radius 2 is 1.47 bits per heavy atom. The van der Waals surface area contributed by atoms with Crippen molar-refractivity contribution < 1.29 is 18.9 Å². The topological polar surface area (TPSA) is 62.7 Å². The molecule has 0 amide bonds. The zero-order chi connectivity index (χ0) is 53.3. The summed E-state index contributed by atoms with van der Waals surface area (Å²) in [4.78, 5) is 13.9. The number of unbranched alkanes of at least 4 members (excludes halogenated alkanes) is 2. The van der Waals surface area contributed by atoms with Crippen LogP contribution in [0.15, 0.2) is 12.1 Å². The molecule has 0 aliphatic carbocycles. The molecule has 6 atom stereocenters. The molecule has 0 saturated carbocycles. The summed E-state index contributed by atoms with van der Waals surface area (Å²) in [5.41, 5.74) is 1.89. The van der Waals surface area contributed by atoms with Crippen molar-refractivity contribution >= 4 is 86.0 Å². The van der Waals surface area contributed by atoms with Crippen molar-refractivity contribution in [1.82, 2.24) is 9.97 Å². The van der Waals surface area contributed by atoms with Crippen LogP contribution in [-0.4, -0.2) is 36.4 Å². The molecule has 0 radical (unpaired) electrons. The largest absolute Gasteiger partial charge is 0.491 e. The van der Waals surface area contributed by atoms with E-state index in [1.165, 1.54) is 108 Å². The molecule has 6 nitrogen and oxygen atoms in total. The van der Waals surface area contributed by atoms with Crippen molar-refractivity contribution in [2.24, 2.45) is 41.4 Å². The van der Waals surface area contributed by atoms with Crippen molar-refractivity contribution in [2.45, 2.75) is 230 Å². The number of aromatic nitrogens is 2. The number of hydrogen-bond acceptors (Lipinski definition) is 10.